The highest BCUT2D eigenvalue weighted by atomic mass is 33.1. The number of phenolic OH excluding ortho intramolecular Hbond substituents is 1. The van der Waals surface area contributed by atoms with Gasteiger partial charge in [0.05, 0.1) is 40.8 Å². The van der Waals surface area contributed by atoms with E-state index < -0.39 is 63.2 Å². The van der Waals surface area contributed by atoms with Crippen molar-refractivity contribution in [3.05, 3.63) is 35.4 Å². The maximum Gasteiger partial charge on any atom is 0.233 e. The van der Waals surface area contributed by atoms with Crippen molar-refractivity contribution in [3.8, 4) is 5.75 Å². The van der Waals surface area contributed by atoms with Crippen LogP contribution < -0.4 is 4.90 Å². The van der Waals surface area contributed by atoms with Crippen molar-refractivity contribution in [3.63, 3.8) is 0 Å². The number of carbonyl (C=O) groups is 2. The first-order valence-electron chi connectivity index (χ1n) is 23.2. The fourth-order valence-corrected chi connectivity index (χ4v) is 18.4. The largest absolute Gasteiger partial charge is 0.508 e. The molecule has 10 aliphatic rings. The summed E-state index contributed by atoms with van der Waals surface area (Å²) in [5.41, 5.74) is -6.33. The lowest BCUT2D eigenvalue weighted by molar-refractivity contribution is -0.217. The number of allylic oxidation sites excluding steroid dienone is 1. The number of anilines is 1. The van der Waals surface area contributed by atoms with Gasteiger partial charge in [-0.2, -0.15) is 0 Å². The number of benzene rings is 1. The third-order valence-electron chi connectivity index (χ3n) is 19.1. The maximum atomic E-state index is 15.3. The Morgan fingerprint density at radius 1 is 1.00 bits per heavy atom. The van der Waals surface area contributed by atoms with Crippen LogP contribution in [0.5, 0.6) is 5.75 Å². The Labute approximate surface area is 368 Å². The highest BCUT2D eigenvalue weighted by molar-refractivity contribution is 8.76. The molecule has 3 spiro atoms. The molecule has 1 amide bonds. The van der Waals surface area contributed by atoms with E-state index in [1.807, 2.05) is 19.9 Å². The Hall–Kier alpha value is -1.68. The van der Waals surface area contributed by atoms with E-state index in [1.54, 1.807) is 44.7 Å². The van der Waals surface area contributed by atoms with Gasteiger partial charge in [-0.1, -0.05) is 55.7 Å². The summed E-state index contributed by atoms with van der Waals surface area (Å²) in [6.07, 6.45) is 5.60. The van der Waals surface area contributed by atoms with E-state index in [9.17, 15) is 40.5 Å². The summed E-state index contributed by atoms with van der Waals surface area (Å²) < 4.78 is 6.34. The van der Waals surface area contributed by atoms with Crippen LogP contribution in [0, 0.1) is 57.2 Å². The van der Waals surface area contributed by atoms with E-state index in [0.29, 0.717) is 80.2 Å². The van der Waals surface area contributed by atoms with Crippen molar-refractivity contribution in [2.45, 2.75) is 147 Å². The van der Waals surface area contributed by atoms with Gasteiger partial charge in [0.1, 0.15) is 17.5 Å². The van der Waals surface area contributed by atoms with Crippen LogP contribution in [0.15, 0.2) is 29.8 Å². The number of aryl methyl sites for hydroxylation is 1. The maximum absolute atomic E-state index is 15.3. The highest BCUT2D eigenvalue weighted by Crippen LogP contribution is 2.73. The van der Waals surface area contributed by atoms with Crippen molar-refractivity contribution in [1.82, 2.24) is 0 Å². The fourth-order valence-electron chi connectivity index (χ4n) is 15.2. The van der Waals surface area contributed by atoms with E-state index >= 15 is 4.79 Å². The number of aromatic hydroxyl groups is 1. The molecule has 338 valence electrons. The Balaban J connectivity index is 1.19. The minimum atomic E-state index is -1.84. The van der Waals surface area contributed by atoms with Gasteiger partial charge in [-0.15, -0.1) is 0 Å². The van der Waals surface area contributed by atoms with Crippen LogP contribution in [-0.4, -0.2) is 114 Å². The second kappa shape index (κ2) is 15.2. The zero-order valence-electron chi connectivity index (χ0n) is 36.6. The van der Waals surface area contributed by atoms with Crippen molar-refractivity contribution < 1.29 is 50.1 Å². The first kappa shape index (κ1) is 44.5. The Kier molecular flexibility index (Phi) is 11.1. The molecule has 61 heavy (non-hydrogen) atoms. The molecule has 5 aliphatic carbocycles. The molecule has 13 heteroatoms. The lowest BCUT2D eigenvalue weighted by atomic mass is 9.39. The average molecular weight is 884 g/mol. The zero-order valence-corrected chi connectivity index (χ0v) is 38.3. The molecule has 5 aliphatic heterocycles. The number of hydrogen-bond donors (Lipinski definition) is 7. The number of aliphatic hydroxyl groups excluding tert-OH is 3. The van der Waals surface area contributed by atoms with Gasteiger partial charge >= 0.3 is 0 Å². The number of phenols is 1. The molecule has 0 radical (unpaired) electrons. The summed E-state index contributed by atoms with van der Waals surface area (Å²) in [7, 11) is 3.19. The monoisotopic (exact) mass is 883 g/mol. The van der Waals surface area contributed by atoms with E-state index in [0.717, 1.165) is 24.8 Å². The van der Waals surface area contributed by atoms with Gasteiger partial charge in [0.2, 0.25) is 5.91 Å². The molecule has 0 aromatic heterocycles. The minimum Gasteiger partial charge on any atom is -0.508 e. The predicted molar refractivity (Wildman–Crippen MR) is 236 cm³/mol. The summed E-state index contributed by atoms with van der Waals surface area (Å²) in [6, 6.07) is 5.37. The molecular formula is C48H69NO10S2. The number of rotatable bonds is 6. The molecule has 8 bridgehead atoms. The number of ether oxygens (including phenoxy) is 1. The molecule has 11 nitrogen and oxygen atoms in total. The van der Waals surface area contributed by atoms with Gasteiger partial charge in [0.15, 0.2) is 5.78 Å². The lowest BCUT2D eigenvalue weighted by Gasteiger charge is -2.66. The lowest BCUT2D eigenvalue weighted by Crippen LogP contribution is -2.70. The second-order valence-corrected chi connectivity index (χ2v) is 24.3. The molecule has 2 saturated heterocycles. The van der Waals surface area contributed by atoms with Crippen molar-refractivity contribution in [2.24, 2.45) is 57.2 Å². The Bertz CT molecular complexity index is 1960. The quantitative estimate of drug-likeness (QED) is 0.139. The van der Waals surface area contributed by atoms with Crippen LogP contribution in [0.1, 0.15) is 111 Å². The first-order chi connectivity index (χ1) is 28.8. The molecule has 11 rings (SSSR count). The molecule has 4 saturated carbocycles. The number of aliphatic hydroxyl groups is 6. The molecule has 15 atom stereocenters. The number of epoxide rings is 1. The number of nitrogens with zero attached hydrogens (tertiary/aromatic N) is 1. The first-order valence-corrected chi connectivity index (χ1v) is 25.7. The van der Waals surface area contributed by atoms with Crippen molar-refractivity contribution in [1.29, 1.82) is 0 Å². The Morgan fingerprint density at radius 3 is 2.49 bits per heavy atom. The SMILES string of the molecule is CC(C)[C@@H](C)[C@@H]1O[C@H]1[C@](C)(O)[C@H]1CC[C@@]2(O)C3=CC(=O)[C@@]45CSSC[C@@H]6CCC[C@H](CO)[C@@]67CCN(C7=O)c6cc(O)cc(c6)CC[C@@]12CC[C@@H]3[C@@]4(C)C[C@@](O)(CO)[C@H](O)C5. The molecule has 0 unspecified atom stereocenters. The van der Waals surface area contributed by atoms with E-state index in [2.05, 4.69) is 20.8 Å². The van der Waals surface area contributed by atoms with Crippen LogP contribution >= 0.6 is 21.6 Å². The summed E-state index contributed by atoms with van der Waals surface area (Å²) >= 11 is 0. The van der Waals surface area contributed by atoms with Gasteiger partial charge in [-0.3, -0.25) is 9.59 Å². The van der Waals surface area contributed by atoms with Gasteiger partial charge in [-0.05, 0) is 148 Å². The van der Waals surface area contributed by atoms with E-state index in [1.165, 1.54) is 0 Å². The summed E-state index contributed by atoms with van der Waals surface area (Å²) in [4.78, 5) is 32.0. The fraction of sp³-hybridized carbons (Fsp3) is 0.792. The molecular weight excluding hydrogens is 815 g/mol. The molecule has 1 aromatic carbocycles. The van der Waals surface area contributed by atoms with Gasteiger partial charge in [0.25, 0.3) is 0 Å². The van der Waals surface area contributed by atoms with Crippen LogP contribution in [0.3, 0.4) is 0 Å². The van der Waals surface area contributed by atoms with Gasteiger partial charge in [-0.25, -0.2) is 0 Å². The zero-order chi connectivity index (χ0) is 43.7. The third kappa shape index (κ3) is 6.23. The van der Waals surface area contributed by atoms with E-state index in [-0.39, 0.29) is 66.7 Å². The van der Waals surface area contributed by atoms with Gasteiger partial charge in [0, 0.05) is 41.8 Å². The summed E-state index contributed by atoms with van der Waals surface area (Å²) in [6.45, 7) is 10.1. The van der Waals surface area contributed by atoms with Crippen molar-refractivity contribution >= 4 is 39.0 Å². The molecule has 5 heterocycles. The van der Waals surface area contributed by atoms with E-state index in [4.69, 9.17) is 4.74 Å². The number of fused-ring (bicyclic) bond motifs is 2. The Morgan fingerprint density at radius 2 is 1.77 bits per heavy atom. The normalized spacial score (nSPS) is 46.2. The predicted octanol–water partition coefficient (Wildman–Crippen LogP) is 5.58. The topological polar surface area (TPSA) is 192 Å². The number of carbonyl (C=O) groups excluding carboxylic acids is 2. The smallest absolute Gasteiger partial charge is 0.233 e. The number of hydrogen-bond acceptors (Lipinski definition) is 12. The molecule has 7 N–H and O–H groups in total. The highest BCUT2D eigenvalue weighted by Gasteiger charge is 2.75. The average Bonchev–Trinajstić information content (AvgIpc) is 3.88. The summed E-state index contributed by atoms with van der Waals surface area (Å²) in [5.74, 6) is 0.392. The second-order valence-electron chi connectivity index (χ2n) is 21.8. The van der Waals surface area contributed by atoms with Crippen LogP contribution in [0.25, 0.3) is 0 Å². The molecule has 1 aromatic rings. The standard InChI is InChI=1S/C48H69NO10S2/c1-27(2)28(3)39-40(59-39)43(5,56)36-11-14-48(58)35-20-37(53)45-21-38(54)46(57,25-51)24-42(45,4)34(35)10-13-44(36,48)12-9-29-17-32(19-33(52)18-29)49-16-15-47(41(49)55)30(22-50)7-6-8-31(47)23-60-61-26-45/h17-20,27-28,30-31,34,36,38-40,50-52,54,56-58H,6-16,21-26H2,1-5H3/t28-,30-,31+,34+,36-,38-,39+,40-,42-,43-,44-,45-,46-,47+,48-/m1/s1. The summed E-state index contributed by atoms with van der Waals surface area (Å²) in [5, 5.41) is 82.8. The van der Waals surface area contributed by atoms with Crippen molar-refractivity contribution in [2.75, 3.05) is 36.2 Å². The van der Waals surface area contributed by atoms with Crippen LogP contribution in [-0.2, 0) is 20.7 Å². The van der Waals surface area contributed by atoms with Crippen LogP contribution in [0.2, 0.25) is 0 Å². The van der Waals surface area contributed by atoms with Gasteiger partial charge < -0.3 is 45.4 Å². The minimum absolute atomic E-state index is 0.0193. The van der Waals surface area contributed by atoms with Crippen LogP contribution in [0.4, 0.5) is 5.69 Å². The number of ketones is 1. The number of amides is 1. The molecule has 6 fully saturated rings. The third-order valence-corrected chi connectivity index (χ3v) is 21.7.